The first-order chi connectivity index (χ1) is 9.47. The van der Waals surface area contributed by atoms with Gasteiger partial charge in [0.2, 0.25) is 11.8 Å². The molecule has 0 spiro atoms. The number of anilines is 1. The van der Waals surface area contributed by atoms with Crippen molar-refractivity contribution in [2.75, 3.05) is 24.2 Å². The van der Waals surface area contributed by atoms with Crippen LogP contribution in [-0.4, -0.2) is 35.6 Å². The summed E-state index contributed by atoms with van der Waals surface area (Å²) in [6.45, 7) is 5.58. The van der Waals surface area contributed by atoms with E-state index in [4.69, 9.17) is 5.73 Å². The summed E-state index contributed by atoms with van der Waals surface area (Å²) in [5.41, 5.74) is 5.94. The van der Waals surface area contributed by atoms with E-state index in [-0.39, 0.29) is 23.5 Å². The van der Waals surface area contributed by atoms with E-state index in [1.54, 1.807) is 0 Å². The molecular weight excluding hydrogens is 296 g/mol. The Hall–Kier alpha value is -1.12. The van der Waals surface area contributed by atoms with Crippen LogP contribution in [0.5, 0.6) is 0 Å². The molecule has 1 atom stereocenters. The number of hydrogen-bond donors (Lipinski definition) is 3. The molecule has 1 saturated heterocycles. The maximum atomic E-state index is 12.1. The molecule has 2 amide bonds. The summed E-state index contributed by atoms with van der Waals surface area (Å²) in [7, 11) is 0. The van der Waals surface area contributed by atoms with E-state index in [9.17, 15) is 9.59 Å². The Morgan fingerprint density at radius 3 is 2.85 bits per heavy atom. The zero-order valence-corrected chi connectivity index (χ0v) is 13.1. The summed E-state index contributed by atoms with van der Waals surface area (Å²) < 4.78 is 0.914. The standard InChI is InChI=1S/C12H18N4O2S2/c1-6(8-3-14-4-8)10(18)16-12-15-7(2)11(20-12)19-5-9(13)17/h6,8,14H,3-5H2,1-2H3,(H2,13,17)(H,15,16,18). The summed E-state index contributed by atoms with van der Waals surface area (Å²) in [6.07, 6.45) is 0. The molecule has 1 aliphatic heterocycles. The number of nitrogens with one attached hydrogen (secondary N) is 2. The molecule has 0 bridgehead atoms. The zero-order chi connectivity index (χ0) is 14.7. The molecule has 8 heteroatoms. The van der Waals surface area contributed by atoms with Gasteiger partial charge in [-0.3, -0.25) is 9.59 Å². The van der Waals surface area contributed by atoms with Crippen LogP contribution in [0, 0.1) is 18.8 Å². The van der Waals surface area contributed by atoms with Crippen LogP contribution in [0.4, 0.5) is 5.13 Å². The Morgan fingerprint density at radius 1 is 1.60 bits per heavy atom. The molecule has 1 unspecified atom stereocenters. The van der Waals surface area contributed by atoms with E-state index in [2.05, 4.69) is 15.6 Å². The third-order valence-electron chi connectivity index (χ3n) is 3.26. The van der Waals surface area contributed by atoms with Crippen LogP contribution < -0.4 is 16.4 Å². The van der Waals surface area contributed by atoms with Crippen molar-refractivity contribution in [3.8, 4) is 0 Å². The zero-order valence-electron chi connectivity index (χ0n) is 11.4. The number of rotatable bonds is 6. The van der Waals surface area contributed by atoms with Crippen LogP contribution in [-0.2, 0) is 9.59 Å². The molecule has 4 N–H and O–H groups in total. The van der Waals surface area contributed by atoms with Crippen LogP contribution in [0.25, 0.3) is 0 Å². The molecule has 1 aromatic heterocycles. The fourth-order valence-corrected chi connectivity index (χ4v) is 3.68. The van der Waals surface area contributed by atoms with Gasteiger partial charge in [0.1, 0.15) is 0 Å². The smallest absolute Gasteiger partial charge is 0.229 e. The Morgan fingerprint density at radius 2 is 2.30 bits per heavy atom. The second-order valence-electron chi connectivity index (χ2n) is 4.84. The van der Waals surface area contributed by atoms with Crippen molar-refractivity contribution >= 4 is 40.0 Å². The van der Waals surface area contributed by atoms with Gasteiger partial charge in [-0.25, -0.2) is 4.98 Å². The van der Waals surface area contributed by atoms with Gasteiger partial charge in [-0.15, -0.1) is 11.8 Å². The Bertz CT molecular complexity index is 514. The van der Waals surface area contributed by atoms with E-state index < -0.39 is 0 Å². The largest absolute Gasteiger partial charge is 0.369 e. The molecule has 1 aliphatic rings. The molecule has 0 aromatic carbocycles. The average molecular weight is 314 g/mol. The maximum Gasteiger partial charge on any atom is 0.229 e. The van der Waals surface area contributed by atoms with Crippen molar-refractivity contribution < 1.29 is 9.59 Å². The minimum atomic E-state index is -0.362. The summed E-state index contributed by atoms with van der Waals surface area (Å²) >= 11 is 2.73. The lowest BCUT2D eigenvalue weighted by Crippen LogP contribution is -2.48. The van der Waals surface area contributed by atoms with E-state index in [1.165, 1.54) is 23.1 Å². The van der Waals surface area contributed by atoms with Crippen molar-refractivity contribution in [3.63, 3.8) is 0 Å². The first-order valence-corrected chi connectivity index (χ1v) is 8.17. The lowest BCUT2D eigenvalue weighted by atomic mass is 9.88. The normalized spacial score (nSPS) is 16.5. The van der Waals surface area contributed by atoms with Crippen LogP contribution in [0.3, 0.4) is 0 Å². The molecular formula is C12H18N4O2S2. The molecule has 2 heterocycles. The Labute approximate surface area is 125 Å². The monoisotopic (exact) mass is 314 g/mol. The minimum absolute atomic E-state index is 0.00305. The highest BCUT2D eigenvalue weighted by molar-refractivity contribution is 8.01. The third kappa shape index (κ3) is 3.71. The highest BCUT2D eigenvalue weighted by Gasteiger charge is 2.29. The lowest BCUT2D eigenvalue weighted by molar-refractivity contribution is -0.121. The molecule has 6 nitrogen and oxygen atoms in total. The first-order valence-electron chi connectivity index (χ1n) is 6.37. The van der Waals surface area contributed by atoms with Crippen LogP contribution in [0.2, 0.25) is 0 Å². The molecule has 1 aromatic rings. The number of carbonyl (C=O) groups is 2. The number of carbonyl (C=O) groups excluding carboxylic acids is 2. The molecule has 1 fully saturated rings. The Balaban J connectivity index is 1.93. The van der Waals surface area contributed by atoms with Crippen LogP contribution in [0.1, 0.15) is 12.6 Å². The lowest BCUT2D eigenvalue weighted by Gasteiger charge is -2.31. The average Bonchev–Trinajstić information content (AvgIpc) is 2.64. The second kappa shape index (κ2) is 6.55. The molecule has 0 radical (unpaired) electrons. The van der Waals surface area contributed by atoms with E-state index in [1.807, 2.05) is 13.8 Å². The number of nitrogens with zero attached hydrogens (tertiary/aromatic N) is 1. The first kappa shape index (κ1) is 15.3. The van der Waals surface area contributed by atoms with Gasteiger partial charge in [-0.1, -0.05) is 18.3 Å². The number of hydrogen-bond acceptors (Lipinski definition) is 6. The van der Waals surface area contributed by atoms with Crippen LogP contribution >= 0.6 is 23.1 Å². The predicted molar refractivity (Wildman–Crippen MR) is 80.9 cm³/mol. The number of amides is 2. The van der Waals surface area contributed by atoms with Gasteiger partial charge in [0.25, 0.3) is 0 Å². The van der Waals surface area contributed by atoms with Gasteiger partial charge in [0, 0.05) is 5.92 Å². The molecule has 0 saturated carbocycles. The number of primary amides is 1. The summed E-state index contributed by atoms with van der Waals surface area (Å²) in [5, 5.41) is 6.59. The summed E-state index contributed by atoms with van der Waals surface area (Å²) in [4.78, 5) is 27.2. The van der Waals surface area contributed by atoms with Gasteiger partial charge < -0.3 is 16.4 Å². The van der Waals surface area contributed by atoms with E-state index in [0.717, 1.165) is 23.0 Å². The van der Waals surface area contributed by atoms with Crippen molar-refractivity contribution in [2.45, 2.75) is 18.1 Å². The molecule has 20 heavy (non-hydrogen) atoms. The van der Waals surface area contributed by atoms with Crippen molar-refractivity contribution in [1.29, 1.82) is 0 Å². The Kier molecular flexibility index (Phi) is 5.00. The fraction of sp³-hybridized carbons (Fsp3) is 0.583. The highest BCUT2D eigenvalue weighted by Crippen LogP contribution is 2.32. The number of aromatic nitrogens is 1. The highest BCUT2D eigenvalue weighted by atomic mass is 32.2. The summed E-state index contributed by atoms with van der Waals surface area (Å²) in [5.74, 6) is 0.235. The van der Waals surface area contributed by atoms with E-state index in [0.29, 0.717) is 11.0 Å². The predicted octanol–water partition coefficient (Wildman–Crippen LogP) is 0.823. The number of thioether (sulfide) groups is 1. The number of thiazole rings is 1. The van der Waals surface area contributed by atoms with Crippen molar-refractivity contribution in [3.05, 3.63) is 5.69 Å². The number of aryl methyl sites for hydroxylation is 1. The maximum absolute atomic E-state index is 12.1. The van der Waals surface area contributed by atoms with Gasteiger partial charge in [-0.05, 0) is 25.9 Å². The van der Waals surface area contributed by atoms with Gasteiger partial charge >= 0.3 is 0 Å². The minimum Gasteiger partial charge on any atom is -0.369 e. The van der Waals surface area contributed by atoms with Crippen molar-refractivity contribution in [2.24, 2.45) is 17.6 Å². The summed E-state index contributed by atoms with van der Waals surface area (Å²) in [6, 6.07) is 0. The quantitative estimate of drug-likeness (QED) is 0.676. The molecule has 0 aliphatic carbocycles. The fourth-order valence-electron chi connectivity index (χ4n) is 1.80. The topological polar surface area (TPSA) is 97.1 Å². The van der Waals surface area contributed by atoms with Crippen LogP contribution in [0.15, 0.2) is 4.21 Å². The van der Waals surface area contributed by atoms with E-state index >= 15 is 0 Å². The number of nitrogens with two attached hydrogens (primary N) is 1. The molecule has 2 rings (SSSR count). The molecule has 110 valence electrons. The van der Waals surface area contributed by atoms with Gasteiger partial charge in [0.05, 0.1) is 15.7 Å². The third-order valence-corrected chi connectivity index (χ3v) is 5.72. The SMILES string of the molecule is Cc1nc(NC(=O)C(C)C2CNC2)sc1SCC(N)=O. The van der Waals surface area contributed by atoms with Crippen molar-refractivity contribution in [1.82, 2.24) is 10.3 Å². The van der Waals surface area contributed by atoms with Gasteiger partial charge in [0.15, 0.2) is 5.13 Å². The van der Waals surface area contributed by atoms with Gasteiger partial charge in [-0.2, -0.15) is 0 Å². The second-order valence-corrected chi connectivity index (χ2v) is 7.09.